The number of ether oxygens (including phenoxy) is 2. The molecule has 0 aromatic heterocycles. The van der Waals surface area contributed by atoms with Gasteiger partial charge in [0.05, 0.1) is 12.0 Å². The average Bonchev–Trinajstić information content (AvgIpc) is 2.57. The highest BCUT2D eigenvalue weighted by Gasteiger charge is 2.29. The van der Waals surface area contributed by atoms with Gasteiger partial charge in [0, 0.05) is 6.20 Å². The van der Waals surface area contributed by atoms with Crippen LogP contribution in [-0.2, 0) is 9.84 Å². The molecule has 0 saturated carbocycles. The maximum Gasteiger partial charge on any atom is 0.320 e. The minimum absolute atomic E-state index is 0.169. The third-order valence-corrected chi connectivity index (χ3v) is 3.87. The van der Waals surface area contributed by atoms with Crippen LogP contribution in [0.2, 0.25) is 0 Å². The molecule has 1 aromatic rings. The highest BCUT2D eigenvalue weighted by Crippen LogP contribution is 2.28. The van der Waals surface area contributed by atoms with Crippen LogP contribution in [-0.4, -0.2) is 20.8 Å². The number of benzene rings is 1. The molecule has 0 spiro atoms. The first kappa shape index (κ1) is 11.7. The second kappa shape index (κ2) is 4.21. The van der Waals surface area contributed by atoms with E-state index in [9.17, 15) is 8.42 Å². The smallest absolute Gasteiger partial charge is 0.320 e. The maximum atomic E-state index is 11.7. The minimum atomic E-state index is -3.56. The van der Waals surface area contributed by atoms with Crippen LogP contribution >= 0.6 is 0 Å². The topological polar surface area (TPSA) is 65.0 Å². The van der Waals surface area contributed by atoms with Crippen LogP contribution < -0.4 is 9.47 Å². The molecule has 6 heteroatoms. The van der Waals surface area contributed by atoms with Gasteiger partial charge in [-0.05, 0) is 19.1 Å². The molecule has 0 aliphatic carbocycles. The Morgan fingerprint density at radius 2 is 1.82 bits per heavy atom. The van der Waals surface area contributed by atoms with Gasteiger partial charge in [-0.3, -0.25) is 0 Å². The van der Waals surface area contributed by atoms with Gasteiger partial charge in [0.25, 0.3) is 9.84 Å². The van der Waals surface area contributed by atoms with E-state index in [0.29, 0.717) is 11.5 Å². The first-order valence-corrected chi connectivity index (χ1v) is 6.34. The summed E-state index contributed by atoms with van der Waals surface area (Å²) < 4.78 is 33.8. The minimum Gasteiger partial charge on any atom is -0.493 e. The summed E-state index contributed by atoms with van der Waals surface area (Å²) in [5, 5.41) is -0.320. The van der Waals surface area contributed by atoms with Gasteiger partial charge in [0.1, 0.15) is 0 Å². The summed E-state index contributed by atoms with van der Waals surface area (Å²) in [6.07, 6.45) is 1.26. The number of para-hydroxylation sites is 2. The lowest BCUT2D eigenvalue weighted by Gasteiger charge is -2.09. The van der Waals surface area contributed by atoms with Crippen molar-refractivity contribution in [1.29, 1.82) is 0 Å². The van der Waals surface area contributed by atoms with Crippen molar-refractivity contribution in [1.82, 2.24) is 0 Å². The fraction of sp³-hybridized carbons (Fsp3) is 0.182. The van der Waals surface area contributed by atoms with E-state index in [4.69, 9.17) is 9.47 Å². The molecule has 5 nitrogen and oxygen atoms in total. The van der Waals surface area contributed by atoms with E-state index in [-0.39, 0.29) is 10.1 Å². The molecule has 17 heavy (non-hydrogen) atoms. The summed E-state index contributed by atoms with van der Waals surface area (Å²) in [7, 11) is -2.07. The summed E-state index contributed by atoms with van der Waals surface area (Å²) in [6.45, 7) is 1.47. The molecule has 1 aromatic carbocycles. The molecule has 1 heterocycles. The number of methoxy groups -OCH3 is 1. The van der Waals surface area contributed by atoms with Crippen LogP contribution in [0.1, 0.15) is 6.92 Å². The van der Waals surface area contributed by atoms with Crippen LogP contribution in [0.25, 0.3) is 0 Å². The molecule has 0 radical (unpaired) electrons. The molecular formula is C11H11NO4S. The Kier molecular flexibility index (Phi) is 2.89. The van der Waals surface area contributed by atoms with Gasteiger partial charge in [-0.15, -0.1) is 0 Å². The standard InChI is InChI=1S/C11H11NO4S/c1-8-7-12-11(17(8,13)14)16-10-6-4-3-5-9(10)15-2/h3-7H,1-2H3. The average molecular weight is 253 g/mol. The van der Waals surface area contributed by atoms with E-state index in [1.54, 1.807) is 24.3 Å². The molecule has 0 fully saturated rings. The van der Waals surface area contributed by atoms with Crippen LogP contribution in [0.5, 0.6) is 11.5 Å². The van der Waals surface area contributed by atoms with Crippen molar-refractivity contribution in [3.63, 3.8) is 0 Å². The summed E-state index contributed by atoms with van der Waals surface area (Å²) >= 11 is 0. The van der Waals surface area contributed by atoms with E-state index in [2.05, 4.69) is 4.99 Å². The second-order valence-electron chi connectivity index (χ2n) is 3.39. The Bertz CT molecular complexity index is 602. The molecule has 1 aliphatic rings. The van der Waals surface area contributed by atoms with E-state index >= 15 is 0 Å². The lowest BCUT2D eigenvalue weighted by Crippen LogP contribution is -2.18. The molecule has 90 valence electrons. The van der Waals surface area contributed by atoms with Gasteiger partial charge in [-0.2, -0.15) is 0 Å². The monoisotopic (exact) mass is 253 g/mol. The summed E-state index contributed by atoms with van der Waals surface area (Å²) in [5.74, 6) is 0.773. The third-order valence-electron chi connectivity index (χ3n) is 2.27. The van der Waals surface area contributed by atoms with Gasteiger partial charge in [-0.1, -0.05) is 12.1 Å². The maximum absolute atomic E-state index is 11.7. The Labute approximate surface area is 99.3 Å². The highest BCUT2D eigenvalue weighted by molar-refractivity contribution is 8.09. The molecule has 1 aliphatic heterocycles. The molecule has 0 bridgehead atoms. The molecule has 2 rings (SSSR count). The number of hydrogen-bond donors (Lipinski definition) is 0. The van der Waals surface area contributed by atoms with E-state index in [1.165, 1.54) is 20.2 Å². The predicted molar refractivity (Wildman–Crippen MR) is 63.7 cm³/mol. The number of nitrogens with zero attached hydrogens (tertiary/aromatic N) is 1. The molecule has 0 N–H and O–H groups in total. The fourth-order valence-electron chi connectivity index (χ4n) is 1.30. The molecule has 0 unspecified atom stereocenters. The Hall–Kier alpha value is -1.82. The molecular weight excluding hydrogens is 242 g/mol. The number of sulfone groups is 1. The summed E-state index contributed by atoms with van der Waals surface area (Å²) in [4.78, 5) is 3.90. The zero-order chi connectivity index (χ0) is 12.5. The van der Waals surface area contributed by atoms with E-state index in [0.717, 1.165) is 0 Å². The summed E-state index contributed by atoms with van der Waals surface area (Å²) in [6, 6.07) is 6.78. The lowest BCUT2D eigenvalue weighted by atomic mass is 10.3. The first-order chi connectivity index (χ1) is 8.05. The Morgan fingerprint density at radius 3 is 2.35 bits per heavy atom. The van der Waals surface area contributed by atoms with Crippen LogP contribution in [0.3, 0.4) is 0 Å². The zero-order valence-corrected chi connectivity index (χ0v) is 10.2. The van der Waals surface area contributed by atoms with E-state index < -0.39 is 9.84 Å². The van der Waals surface area contributed by atoms with Crippen molar-refractivity contribution >= 4 is 15.1 Å². The van der Waals surface area contributed by atoms with Crippen LogP contribution in [0.15, 0.2) is 40.4 Å². The number of hydrogen-bond acceptors (Lipinski definition) is 5. The SMILES string of the molecule is COc1ccccc1OC1=NC=C(C)S1(=O)=O. The number of allylic oxidation sites excluding steroid dienone is 1. The number of aliphatic imine (C=N–C) groups is 1. The van der Waals surface area contributed by atoms with Crippen LogP contribution in [0.4, 0.5) is 0 Å². The first-order valence-electron chi connectivity index (χ1n) is 4.86. The fourth-order valence-corrected chi connectivity index (χ4v) is 2.16. The molecule has 0 amide bonds. The zero-order valence-electron chi connectivity index (χ0n) is 9.38. The Morgan fingerprint density at radius 1 is 1.18 bits per heavy atom. The second-order valence-corrected chi connectivity index (χ2v) is 5.39. The van der Waals surface area contributed by atoms with Crippen molar-refractivity contribution in [2.24, 2.45) is 4.99 Å². The van der Waals surface area contributed by atoms with Gasteiger partial charge in [0.2, 0.25) is 0 Å². The van der Waals surface area contributed by atoms with Crippen molar-refractivity contribution < 1.29 is 17.9 Å². The summed E-state index contributed by atoms with van der Waals surface area (Å²) in [5.41, 5.74) is 0. The predicted octanol–water partition coefficient (Wildman–Crippen LogP) is 1.72. The highest BCUT2D eigenvalue weighted by atomic mass is 32.2. The van der Waals surface area contributed by atoms with Gasteiger partial charge >= 0.3 is 5.23 Å². The quantitative estimate of drug-likeness (QED) is 0.805. The lowest BCUT2D eigenvalue weighted by molar-refractivity contribution is 0.392. The van der Waals surface area contributed by atoms with Crippen LogP contribution in [0, 0.1) is 0 Å². The normalized spacial score (nSPS) is 17.3. The molecule has 0 saturated heterocycles. The largest absolute Gasteiger partial charge is 0.493 e. The van der Waals surface area contributed by atoms with Crippen molar-refractivity contribution in [2.75, 3.05) is 7.11 Å². The number of rotatable bonds is 2. The van der Waals surface area contributed by atoms with Crippen molar-refractivity contribution in [2.45, 2.75) is 6.92 Å². The van der Waals surface area contributed by atoms with E-state index in [1.807, 2.05) is 0 Å². The molecule has 0 atom stereocenters. The van der Waals surface area contributed by atoms with Gasteiger partial charge in [-0.25, -0.2) is 13.4 Å². The van der Waals surface area contributed by atoms with Gasteiger partial charge < -0.3 is 9.47 Å². The van der Waals surface area contributed by atoms with Crippen molar-refractivity contribution in [3.8, 4) is 11.5 Å². The Balaban J connectivity index is 2.30. The third kappa shape index (κ3) is 2.03. The van der Waals surface area contributed by atoms with Crippen molar-refractivity contribution in [3.05, 3.63) is 35.4 Å². The van der Waals surface area contributed by atoms with Gasteiger partial charge in [0.15, 0.2) is 11.5 Å².